The lowest BCUT2D eigenvalue weighted by Crippen LogP contribution is -2.62. The fourth-order valence-electron chi connectivity index (χ4n) is 3.28. The Morgan fingerprint density at radius 1 is 1.45 bits per heavy atom. The van der Waals surface area contributed by atoms with Crippen LogP contribution in [0, 0.1) is 0 Å². The average Bonchev–Trinajstić information content (AvgIpc) is 2.98. The van der Waals surface area contributed by atoms with E-state index in [9.17, 15) is 14.7 Å². The Bertz CT molecular complexity index is 786. The fourth-order valence-corrected chi connectivity index (χ4v) is 3.28. The first kappa shape index (κ1) is 12.9. The number of nitrogens with zero attached hydrogens (tertiary/aromatic N) is 2. The smallest absolute Gasteiger partial charge is 0.407 e. The van der Waals surface area contributed by atoms with E-state index in [1.165, 1.54) is 4.90 Å². The molecule has 8 heteroatoms. The van der Waals surface area contributed by atoms with Crippen LogP contribution in [-0.2, 0) is 4.79 Å². The molecule has 2 amide bonds. The van der Waals surface area contributed by atoms with Gasteiger partial charge in [-0.2, -0.15) is 0 Å². The summed E-state index contributed by atoms with van der Waals surface area (Å²) in [4.78, 5) is 32.4. The van der Waals surface area contributed by atoms with Gasteiger partial charge in [-0.25, -0.2) is 9.78 Å². The van der Waals surface area contributed by atoms with Gasteiger partial charge in [-0.05, 0) is 18.9 Å². The largest absolute Gasteiger partial charge is 0.465 e. The molecule has 4 rings (SSSR count). The first-order valence-electron chi connectivity index (χ1n) is 7.13. The highest BCUT2D eigenvalue weighted by Crippen LogP contribution is 2.39. The van der Waals surface area contributed by atoms with Gasteiger partial charge >= 0.3 is 6.09 Å². The number of hydrogen-bond donors (Lipinski definition) is 4. The third-order valence-corrected chi connectivity index (χ3v) is 4.40. The maximum atomic E-state index is 12.5. The Hall–Kier alpha value is -2.77. The number of amides is 2. The Labute approximate surface area is 125 Å². The molecule has 0 radical (unpaired) electrons. The first-order chi connectivity index (χ1) is 10.6. The summed E-state index contributed by atoms with van der Waals surface area (Å²) in [7, 11) is 0. The molecule has 1 fully saturated rings. The topological polar surface area (TPSA) is 110 Å². The Balaban J connectivity index is 1.78. The number of aromatic nitrogens is 2. The van der Waals surface area contributed by atoms with Crippen LogP contribution in [0.4, 0.5) is 16.2 Å². The molecule has 0 aromatic carbocycles. The van der Waals surface area contributed by atoms with Crippen LogP contribution in [0.3, 0.4) is 0 Å². The summed E-state index contributed by atoms with van der Waals surface area (Å²) in [5, 5.41) is 16.3. The summed E-state index contributed by atoms with van der Waals surface area (Å²) in [6.45, 7) is 0.594. The minimum atomic E-state index is -0.999. The molecule has 2 aliphatic heterocycles. The van der Waals surface area contributed by atoms with Crippen molar-refractivity contribution >= 4 is 34.4 Å². The normalized spacial score (nSPS) is 24.0. The van der Waals surface area contributed by atoms with Gasteiger partial charge in [0.2, 0.25) is 0 Å². The zero-order chi connectivity index (χ0) is 15.3. The van der Waals surface area contributed by atoms with Crippen LogP contribution < -0.4 is 10.6 Å². The third kappa shape index (κ3) is 1.73. The van der Waals surface area contributed by atoms with E-state index in [1.807, 2.05) is 6.07 Å². The van der Waals surface area contributed by atoms with Gasteiger partial charge in [0, 0.05) is 18.1 Å². The van der Waals surface area contributed by atoms with Crippen LogP contribution in [-0.4, -0.2) is 50.6 Å². The number of rotatable bonds is 0. The summed E-state index contributed by atoms with van der Waals surface area (Å²) in [6.07, 6.45) is 3.62. The predicted molar refractivity (Wildman–Crippen MR) is 79.9 cm³/mol. The van der Waals surface area contributed by atoms with Crippen molar-refractivity contribution in [2.45, 2.75) is 18.4 Å². The number of aromatic amines is 1. The average molecular weight is 301 g/mol. The number of carbonyl (C=O) groups is 2. The van der Waals surface area contributed by atoms with Crippen LogP contribution >= 0.6 is 0 Å². The molecule has 2 aromatic heterocycles. The van der Waals surface area contributed by atoms with E-state index in [0.717, 1.165) is 16.7 Å². The Morgan fingerprint density at radius 3 is 3.14 bits per heavy atom. The third-order valence-electron chi connectivity index (χ3n) is 4.40. The van der Waals surface area contributed by atoms with E-state index in [-0.39, 0.29) is 12.5 Å². The molecule has 1 spiro atoms. The minimum Gasteiger partial charge on any atom is -0.465 e. The molecule has 0 saturated carbocycles. The number of hydrogen-bond acceptors (Lipinski definition) is 4. The van der Waals surface area contributed by atoms with Gasteiger partial charge in [0.1, 0.15) is 11.2 Å². The van der Waals surface area contributed by atoms with Crippen LogP contribution in [0.15, 0.2) is 18.5 Å². The van der Waals surface area contributed by atoms with E-state index in [0.29, 0.717) is 25.1 Å². The number of pyridine rings is 1. The molecule has 1 atom stereocenters. The number of H-pyrrole nitrogens is 1. The zero-order valence-electron chi connectivity index (χ0n) is 11.7. The highest BCUT2D eigenvalue weighted by molar-refractivity contribution is 6.11. The molecule has 2 aromatic rings. The van der Waals surface area contributed by atoms with Crippen molar-refractivity contribution in [3.05, 3.63) is 18.5 Å². The molecule has 0 bridgehead atoms. The molecule has 2 aliphatic rings. The fraction of sp³-hybridized carbons (Fsp3) is 0.357. The maximum absolute atomic E-state index is 12.5. The second-order valence-electron chi connectivity index (χ2n) is 5.76. The molecular formula is C14H15N5O3. The molecule has 8 nitrogen and oxygen atoms in total. The van der Waals surface area contributed by atoms with Crippen molar-refractivity contribution in [3.8, 4) is 0 Å². The standard InChI is InChI=1S/C14H15N5O3/c20-12-14(3-1-5-19(7-14)13(21)22)18-10-8-2-4-15-11(8)16-6-9(10)17-12/h2,4,6,18H,1,3,5,7H2,(H,15,16)(H,17,20)(H,21,22). The quantitative estimate of drug-likeness (QED) is 0.588. The number of nitrogens with one attached hydrogen (secondary N) is 3. The summed E-state index contributed by atoms with van der Waals surface area (Å²) in [5.41, 5.74) is 1.21. The molecule has 22 heavy (non-hydrogen) atoms. The monoisotopic (exact) mass is 301 g/mol. The van der Waals surface area contributed by atoms with Gasteiger partial charge < -0.3 is 25.6 Å². The Morgan fingerprint density at radius 2 is 2.32 bits per heavy atom. The molecule has 0 aliphatic carbocycles. The van der Waals surface area contributed by atoms with E-state index in [4.69, 9.17) is 0 Å². The highest BCUT2D eigenvalue weighted by Gasteiger charge is 2.46. The summed E-state index contributed by atoms with van der Waals surface area (Å²) in [6, 6.07) is 1.89. The van der Waals surface area contributed by atoms with Gasteiger partial charge in [0.25, 0.3) is 5.91 Å². The zero-order valence-corrected chi connectivity index (χ0v) is 11.7. The Kier molecular flexibility index (Phi) is 2.56. The number of anilines is 2. The van der Waals surface area contributed by atoms with Crippen molar-refractivity contribution in [1.82, 2.24) is 14.9 Å². The van der Waals surface area contributed by atoms with Crippen molar-refractivity contribution in [2.75, 3.05) is 23.7 Å². The van der Waals surface area contributed by atoms with E-state index < -0.39 is 11.6 Å². The van der Waals surface area contributed by atoms with Gasteiger partial charge in [-0.3, -0.25) is 4.79 Å². The summed E-state index contributed by atoms with van der Waals surface area (Å²) >= 11 is 0. The van der Waals surface area contributed by atoms with Gasteiger partial charge in [0.15, 0.2) is 0 Å². The highest BCUT2D eigenvalue weighted by atomic mass is 16.4. The van der Waals surface area contributed by atoms with Crippen LogP contribution in [0.2, 0.25) is 0 Å². The second kappa shape index (κ2) is 4.36. The molecular weight excluding hydrogens is 286 g/mol. The lowest BCUT2D eigenvalue weighted by atomic mass is 9.86. The van der Waals surface area contributed by atoms with E-state index in [1.54, 1.807) is 12.4 Å². The lowest BCUT2D eigenvalue weighted by Gasteiger charge is -2.44. The summed E-state index contributed by atoms with van der Waals surface area (Å²) in [5.74, 6) is -0.206. The maximum Gasteiger partial charge on any atom is 0.407 e. The molecule has 4 heterocycles. The van der Waals surface area contributed by atoms with Crippen molar-refractivity contribution in [3.63, 3.8) is 0 Å². The van der Waals surface area contributed by atoms with Crippen LogP contribution in [0.25, 0.3) is 11.0 Å². The van der Waals surface area contributed by atoms with Gasteiger partial charge in [-0.1, -0.05) is 0 Å². The molecule has 4 N–H and O–H groups in total. The van der Waals surface area contributed by atoms with E-state index >= 15 is 0 Å². The van der Waals surface area contributed by atoms with Crippen LogP contribution in [0.1, 0.15) is 12.8 Å². The number of carboxylic acid groups (broad SMARTS) is 1. The summed E-state index contributed by atoms with van der Waals surface area (Å²) < 4.78 is 0. The number of fused-ring (bicyclic) bond motifs is 3. The van der Waals surface area contributed by atoms with Crippen molar-refractivity contribution in [2.24, 2.45) is 0 Å². The number of piperidine rings is 1. The predicted octanol–water partition coefficient (Wildman–Crippen LogP) is 1.44. The SMILES string of the molecule is O=C(O)N1CCCC2(C1)Nc1c(cnc3[nH]ccc13)NC2=O. The van der Waals surface area contributed by atoms with Gasteiger partial charge in [-0.15, -0.1) is 0 Å². The molecule has 1 unspecified atom stereocenters. The molecule has 1 saturated heterocycles. The van der Waals surface area contributed by atoms with Gasteiger partial charge in [0.05, 0.1) is 24.1 Å². The number of likely N-dealkylation sites (tertiary alicyclic amines) is 1. The first-order valence-corrected chi connectivity index (χ1v) is 7.13. The van der Waals surface area contributed by atoms with Crippen LogP contribution in [0.5, 0.6) is 0 Å². The van der Waals surface area contributed by atoms with E-state index in [2.05, 4.69) is 20.6 Å². The second-order valence-corrected chi connectivity index (χ2v) is 5.76. The molecule has 114 valence electrons. The number of carbonyl (C=O) groups excluding carboxylic acids is 1. The lowest BCUT2D eigenvalue weighted by molar-refractivity contribution is -0.122. The van der Waals surface area contributed by atoms with Crippen molar-refractivity contribution in [1.29, 1.82) is 0 Å². The minimum absolute atomic E-state index is 0.141. The van der Waals surface area contributed by atoms with Crippen molar-refractivity contribution < 1.29 is 14.7 Å².